The molecule has 1 aliphatic heterocycles. The number of nitrogens with two attached hydrogens (primary N) is 1. The number of rotatable bonds is 9. The smallest absolute Gasteiger partial charge is 0.254 e. The largest absolute Gasteiger partial charge is 0.366 e. The van der Waals surface area contributed by atoms with Crippen LogP contribution in [-0.2, 0) is 6.54 Å². The number of thiazole rings is 1. The van der Waals surface area contributed by atoms with E-state index in [1.54, 1.807) is 29.5 Å². The van der Waals surface area contributed by atoms with Gasteiger partial charge in [0.05, 0.1) is 17.8 Å². The van der Waals surface area contributed by atoms with Crippen molar-refractivity contribution in [1.29, 1.82) is 0 Å². The Morgan fingerprint density at radius 1 is 1.08 bits per heavy atom. The highest BCUT2D eigenvalue weighted by atomic mass is 32.1. The van der Waals surface area contributed by atoms with Gasteiger partial charge in [-0.05, 0) is 76.9 Å². The van der Waals surface area contributed by atoms with Gasteiger partial charge in [0.1, 0.15) is 10.8 Å². The Morgan fingerprint density at radius 3 is 2.29 bits per heavy atom. The molecular weight excluding hydrogens is 501 g/mol. The third-order valence-corrected chi connectivity index (χ3v) is 7.76. The molecule has 3 aromatic rings. The molecule has 0 radical (unpaired) electrons. The summed E-state index contributed by atoms with van der Waals surface area (Å²) in [7, 11) is 0. The number of benzene rings is 2. The first kappa shape index (κ1) is 27.7. The molecule has 202 valence electrons. The summed E-state index contributed by atoms with van der Waals surface area (Å²) in [6.07, 6.45) is 3.36. The molecule has 2 N–H and O–H groups in total. The maximum atomic E-state index is 15.4. The van der Waals surface area contributed by atoms with E-state index in [1.165, 1.54) is 12.1 Å². The van der Waals surface area contributed by atoms with Gasteiger partial charge in [-0.3, -0.25) is 14.5 Å². The summed E-state index contributed by atoms with van der Waals surface area (Å²) in [6, 6.07) is 11.7. The lowest BCUT2D eigenvalue weighted by Gasteiger charge is -2.40. The summed E-state index contributed by atoms with van der Waals surface area (Å²) in [5, 5.41) is 3.05. The highest BCUT2D eigenvalue weighted by Crippen LogP contribution is 2.37. The normalized spacial score (nSPS) is 14.7. The summed E-state index contributed by atoms with van der Waals surface area (Å²) >= 11 is 1.64. The number of halogens is 1. The average Bonchev–Trinajstić information content (AvgIpc) is 3.39. The second-order valence-electron chi connectivity index (χ2n) is 10.3. The van der Waals surface area contributed by atoms with Crippen LogP contribution in [-0.4, -0.2) is 57.8 Å². The molecule has 7 nitrogen and oxygen atoms in total. The number of carbonyl (C=O) groups excluding carboxylic acids is 2. The molecule has 0 aliphatic carbocycles. The molecule has 1 fully saturated rings. The molecule has 0 spiro atoms. The van der Waals surface area contributed by atoms with Gasteiger partial charge < -0.3 is 15.5 Å². The number of primary amides is 1. The van der Waals surface area contributed by atoms with E-state index < -0.39 is 11.7 Å². The molecule has 38 heavy (non-hydrogen) atoms. The Hall–Kier alpha value is -3.30. The van der Waals surface area contributed by atoms with Crippen molar-refractivity contribution in [3.05, 3.63) is 76.0 Å². The van der Waals surface area contributed by atoms with Crippen LogP contribution in [0, 0.1) is 5.82 Å². The SMILES string of the molecule is CC(C)N(C(=O)c1ccc(N(c2c(F)cccc2C(N)=O)C2CCN(Cc3nccs3)CC2)cc1)C(C)C. The minimum atomic E-state index is -0.679. The van der Waals surface area contributed by atoms with Crippen LogP contribution in [0.4, 0.5) is 15.8 Å². The topological polar surface area (TPSA) is 82.8 Å². The summed E-state index contributed by atoms with van der Waals surface area (Å²) in [6.45, 7) is 10.4. The highest BCUT2D eigenvalue weighted by Gasteiger charge is 2.31. The highest BCUT2D eigenvalue weighted by molar-refractivity contribution is 7.09. The van der Waals surface area contributed by atoms with Crippen molar-refractivity contribution >= 4 is 34.5 Å². The monoisotopic (exact) mass is 537 g/mol. The number of hydrogen-bond donors (Lipinski definition) is 1. The number of carbonyl (C=O) groups is 2. The zero-order valence-electron chi connectivity index (χ0n) is 22.4. The van der Waals surface area contributed by atoms with Gasteiger partial charge >= 0.3 is 0 Å². The second-order valence-corrected chi connectivity index (χ2v) is 11.2. The van der Waals surface area contributed by atoms with Crippen molar-refractivity contribution in [1.82, 2.24) is 14.8 Å². The lowest BCUT2D eigenvalue weighted by atomic mass is 9.99. The summed E-state index contributed by atoms with van der Waals surface area (Å²) < 4.78 is 15.4. The number of anilines is 2. The van der Waals surface area contributed by atoms with Gasteiger partial charge in [-0.1, -0.05) is 6.07 Å². The molecule has 2 heterocycles. The standard InChI is InChI=1S/C29H36FN5O2S/c1-19(2)34(20(3)4)29(37)21-8-10-22(11-9-21)35(27-24(28(31)36)6-5-7-25(27)30)23-12-15-33(16-13-23)18-26-32-14-17-38-26/h5-11,14,17,19-20,23H,12-13,15-16,18H2,1-4H3,(H2,31,36). The average molecular weight is 538 g/mol. The first-order valence-electron chi connectivity index (χ1n) is 13.1. The zero-order valence-corrected chi connectivity index (χ0v) is 23.2. The van der Waals surface area contributed by atoms with Crippen LogP contribution in [0.15, 0.2) is 54.0 Å². The van der Waals surface area contributed by atoms with Gasteiger partial charge in [-0.25, -0.2) is 9.37 Å². The summed E-state index contributed by atoms with van der Waals surface area (Å²) in [5.74, 6) is -1.23. The predicted octanol–water partition coefficient (Wildman–Crippen LogP) is 5.44. The summed E-state index contributed by atoms with van der Waals surface area (Å²) in [4.78, 5) is 36.0. The number of likely N-dealkylation sites (tertiary alicyclic amines) is 1. The van der Waals surface area contributed by atoms with Gasteiger partial charge in [-0.15, -0.1) is 11.3 Å². The number of aromatic nitrogens is 1. The Kier molecular flexibility index (Phi) is 8.79. The molecule has 0 atom stereocenters. The Balaban J connectivity index is 1.66. The quantitative estimate of drug-likeness (QED) is 0.393. The van der Waals surface area contributed by atoms with Gasteiger partial charge in [0.15, 0.2) is 0 Å². The molecule has 0 saturated carbocycles. The Morgan fingerprint density at radius 2 is 1.74 bits per heavy atom. The summed E-state index contributed by atoms with van der Waals surface area (Å²) in [5.41, 5.74) is 7.29. The fourth-order valence-electron chi connectivity index (χ4n) is 5.32. The lowest BCUT2D eigenvalue weighted by molar-refractivity contribution is 0.0643. The van der Waals surface area contributed by atoms with E-state index in [-0.39, 0.29) is 35.3 Å². The van der Waals surface area contributed by atoms with Crippen LogP contribution in [0.3, 0.4) is 0 Å². The van der Waals surface area contributed by atoms with E-state index in [2.05, 4.69) is 9.88 Å². The molecule has 2 amide bonds. The van der Waals surface area contributed by atoms with Crippen LogP contribution in [0.5, 0.6) is 0 Å². The van der Waals surface area contributed by atoms with E-state index >= 15 is 4.39 Å². The zero-order chi connectivity index (χ0) is 27.4. The minimum Gasteiger partial charge on any atom is -0.366 e. The van der Waals surface area contributed by atoms with Gasteiger partial charge in [0, 0.05) is 54.0 Å². The van der Waals surface area contributed by atoms with Crippen LogP contribution in [0.1, 0.15) is 66.3 Å². The van der Waals surface area contributed by atoms with Crippen molar-refractivity contribution in [3.63, 3.8) is 0 Å². The molecule has 0 unspecified atom stereocenters. The van der Waals surface area contributed by atoms with Crippen molar-refractivity contribution in [3.8, 4) is 0 Å². The van der Waals surface area contributed by atoms with Crippen molar-refractivity contribution in [2.75, 3.05) is 18.0 Å². The van der Waals surface area contributed by atoms with Gasteiger partial charge in [0.25, 0.3) is 11.8 Å². The minimum absolute atomic E-state index is 0.0488. The lowest BCUT2D eigenvalue weighted by Crippen LogP contribution is -2.44. The van der Waals surface area contributed by atoms with Gasteiger partial charge in [0.2, 0.25) is 0 Å². The van der Waals surface area contributed by atoms with E-state index in [1.807, 2.05) is 61.2 Å². The number of para-hydroxylation sites is 1. The van der Waals surface area contributed by atoms with Crippen LogP contribution in [0.2, 0.25) is 0 Å². The van der Waals surface area contributed by atoms with Crippen molar-refractivity contribution in [2.24, 2.45) is 5.73 Å². The number of amides is 2. The third kappa shape index (κ3) is 6.05. The molecular formula is C29H36FN5O2S. The van der Waals surface area contributed by atoms with E-state index in [4.69, 9.17) is 5.73 Å². The number of piperidine rings is 1. The fraction of sp³-hybridized carbons (Fsp3) is 0.414. The first-order chi connectivity index (χ1) is 18.2. The molecule has 0 bridgehead atoms. The fourth-order valence-corrected chi connectivity index (χ4v) is 5.98. The third-order valence-electron chi connectivity index (χ3n) is 7.00. The molecule has 1 aromatic heterocycles. The molecule has 1 aliphatic rings. The van der Waals surface area contributed by atoms with Crippen LogP contribution < -0.4 is 10.6 Å². The van der Waals surface area contributed by atoms with Crippen LogP contribution in [0.25, 0.3) is 0 Å². The second kappa shape index (κ2) is 12.0. The Bertz CT molecular complexity index is 1230. The maximum Gasteiger partial charge on any atom is 0.254 e. The van der Waals surface area contributed by atoms with Gasteiger partial charge in [-0.2, -0.15) is 0 Å². The first-order valence-corrected chi connectivity index (χ1v) is 14.0. The number of nitrogens with zero attached hydrogens (tertiary/aromatic N) is 4. The molecule has 9 heteroatoms. The molecule has 1 saturated heterocycles. The molecule has 2 aromatic carbocycles. The van der Waals surface area contributed by atoms with E-state index in [9.17, 15) is 9.59 Å². The van der Waals surface area contributed by atoms with Crippen LogP contribution >= 0.6 is 11.3 Å². The molecule has 4 rings (SSSR count). The predicted molar refractivity (Wildman–Crippen MR) is 150 cm³/mol. The number of hydrogen-bond acceptors (Lipinski definition) is 6. The van der Waals surface area contributed by atoms with E-state index in [0.29, 0.717) is 11.3 Å². The maximum absolute atomic E-state index is 15.4. The van der Waals surface area contributed by atoms with Crippen molar-refractivity contribution < 1.29 is 14.0 Å². The van der Waals surface area contributed by atoms with E-state index in [0.717, 1.165) is 37.5 Å². The Labute approximate surface area is 228 Å². The van der Waals surface area contributed by atoms with Crippen molar-refractivity contribution in [2.45, 2.75) is 65.2 Å².